The molecule has 0 bridgehead atoms. The molecular weight excluding hydrogens is 503 g/mol. The Morgan fingerprint density at radius 1 is 1.03 bits per heavy atom. The molecule has 0 spiro atoms. The second-order valence-electron chi connectivity index (χ2n) is 8.71. The Morgan fingerprint density at radius 3 is 2.39 bits per heavy atom. The third kappa shape index (κ3) is 6.47. The number of ether oxygens (including phenoxy) is 1. The highest BCUT2D eigenvalue weighted by Crippen LogP contribution is 2.42. The van der Waals surface area contributed by atoms with Gasteiger partial charge in [0.2, 0.25) is 5.91 Å². The lowest BCUT2D eigenvalue weighted by molar-refractivity contribution is -0.242. The molecule has 1 saturated carbocycles. The summed E-state index contributed by atoms with van der Waals surface area (Å²) < 4.78 is 45.7. The largest absolute Gasteiger partial charge is 0.530 e. The molecule has 3 aromatic rings. The van der Waals surface area contributed by atoms with E-state index in [1.807, 2.05) is 23.5 Å². The highest BCUT2D eigenvalue weighted by atomic mass is 19.4. The number of hydrogen-bond acceptors (Lipinski definition) is 6. The van der Waals surface area contributed by atoms with Gasteiger partial charge in [0, 0.05) is 29.4 Å². The molecule has 4 rings (SSSR count). The van der Waals surface area contributed by atoms with Gasteiger partial charge in [0.25, 0.3) is 0 Å². The number of carbonyl (C=O) groups excluding carboxylic acids is 3. The third-order valence-electron chi connectivity index (χ3n) is 5.85. The van der Waals surface area contributed by atoms with E-state index in [0.717, 1.165) is 35.7 Å². The van der Waals surface area contributed by atoms with E-state index in [0.29, 0.717) is 12.0 Å². The zero-order valence-corrected chi connectivity index (χ0v) is 20.2. The van der Waals surface area contributed by atoms with E-state index in [1.54, 1.807) is 18.3 Å². The molecule has 0 unspecified atom stereocenters. The normalized spacial score (nSPS) is 13.1. The molecular formula is C27H23F3N3O5-. The predicted molar refractivity (Wildman–Crippen MR) is 131 cm³/mol. The van der Waals surface area contributed by atoms with Crippen molar-refractivity contribution < 1.29 is 37.4 Å². The molecule has 198 valence electrons. The monoisotopic (exact) mass is 526 g/mol. The minimum atomic E-state index is -4.85. The van der Waals surface area contributed by atoms with Gasteiger partial charge < -0.3 is 25.3 Å². The molecule has 38 heavy (non-hydrogen) atoms. The van der Waals surface area contributed by atoms with Crippen LogP contribution in [0.3, 0.4) is 0 Å². The van der Waals surface area contributed by atoms with Crippen LogP contribution in [0.2, 0.25) is 0 Å². The molecule has 1 fully saturated rings. The molecule has 11 heteroatoms. The molecule has 1 heterocycles. The molecule has 0 aliphatic heterocycles. The minimum Gasteiger partial charge on any atom is -0.530 e. The van der Waals surface area contributed by atoms with Crippen LogP contribution in [0.4, 0.5) is 29.3 Å². The highest BCUT2D eigenvalue weighted by molar-refractivity contribution is 6.12. The summed E-state index contributed by atoms with van der Waals surface area (Å²) in [6.45, 7) is 1.34. The molecule has 1 aromatic heterocycles. The number of nitrogens with zero attached hydrogens (tertiary/aromatic N) is 1. The number of benzene rings is 2. The fraction of sp³-hybridized carbons (Fsp3) is 0.259. The van der Waals surface area contributed by atoms with Crippen molar-refractivity contribution in [2.24, 2.45) is 0 Å². The SMILES string of the molecule is CCOc1cc(NC(=O)[O-])c(NC(=O)CC(=O)c2cccc(-c3ccnc(C4CC4)c3)c2)cc1C(F)(F)F. The maximum absolute atomic E-state index is 13.6. The zero-order valence-electron chi connectivity index (χ0n) is 20.2. The number of carbonyl (C=O) groups is 3. The van der Waals surface area contributed by atoms with Crippen LogP contribution >= 0.6 is 0 Å². The fourth-order valence-corrected chi connectivity index (χ4v) is 3.94. The van der Waals surface area contributed by atoms with Crippen LogP contribution in [0.1, 0.15) is 53.7 Å². The first-order valence-electron chi connectivity index (χ1n) is 11.8. The highest BCUT2D eigenvalue weighted by Gasteiger charge is 2.36. The van der Waals surface area contributed by atoms with Gasteiger partial charge in [0.1, 0.15) is 11.8 Å². The second kappa shape index (κ2) is 10.9. The summed E-state index contributed by atoms with van der Waals surface area (Å²) in [6.07, 6.45) is -3.47. The summed E-state index contributed by atoms with van der Waals surface area (Å²) in [4.78, 5) is 40.9. The molecule has 2 N–H and O–H groups in total. The molecule has 8 nitrogen and oxygen atoms in total. The van der Waals surface area contributed by atoms with Gasteiger partial charge in [-0.1, -0.05) is 18.2 Å². The number of alkyl halides is 3. The molecule has 0 saturated heterocycles. The molecule has 0 atom stereocenters. The first kappa shape index (κ1) is 26.6. The summed E-state index contributed by atoms with van der Waals surface area (Å²) in [6, 6.07) is 11.8. The van der Waals surface area contributed by atoms with Crippen molar-refractivity contribution in [3.63, 3.8) is 0 Å². The number of Topliss-reactive ketones (excluding diaryl/α,β-unsaturated/α-hetero) is 1. The van der Waals surface area contributed by atoms with E-state index < -0.39 is 53.1 Å². The van der Waals surface area contributed by atoms with E-state index in [9.17, 15) is 32.7 Å². The number of halogens is 3. The van der Waals surface area contributed by atoms with E-state index in [2.05, 4.69) is 10.3 Å². The van der Waals surface area contributed by atoms with Crippen LogP contribution in [-0.4, -0.2) is 29.4 Å². The Morgan fingerprint density at radius 2 is 1.74 bits per heavy atom. The molecule has 2 aromatic carbocycles. The maximum Gasteiger partial charge on any atom is 0.420 e. The number of nitrogens with one attached hydrogen (secondary N) is 2. The van der Waals surface area contributed by atoms with Gasteiger partial charge in [-0.15, -0.1) is 0 Å². The summed E-state index contributed by atoms with van der Waals surface area (Å²) in [5.74, 6) is -1.69. The number of amides is 2. The number of carboxylic acid groups (broad SMARTS) is 1. The summed E-state index contributed by atoms with van der Waals surface area (Å²) in [5.41, 5.74) is 0.719. The summed E-state index contributed by atoms with van der Waals surface area (Å²) in [7, 11) is 0. The second-order valence-corrected chi connectivity index (χ2v) is 8.71. The van der Waals surface area contributed by atoms with Crippen LogP contribution in [-0.2, 0) is 11.0 Å². The summed E-state index contributed by atoms with van der Waals surface area (Å²) in [5, 5.41) is 15.1. The lowest BCUT2D eigenvalue weighted by atomic mass is 9.99. The predicted octanol–water partition coefficient (Wildman–Crippen LogP) is 5.01. The Labute approximate surface area is 215 Å². The standard InChI is InChI=1S/C27H24F3N3O5/c1-2-38-24-13-22(33-26(36)37)21(12-19(24)27(28,29)30)32-25(35)14-23(34)18-5-3-4-16(10-18)17-8-9-31-20(11-17)15-6-7-15/h3-5,8-13,15,33H,2,6-7,14H2,1H3,(H,32,35)(H,36,37)/p-1. The molecule has 1 aliphatic carbocycles. The topological polar surface area (TPSA) is 120 Å². The van der Waals surface area contributed by atoms with Crippen molar-refractivity contribution in [3.8, 4) is 16.9 Å². The van der Waals surface area contributed by atoms with Gasteiger partial charge in [-0.05, 0) is 55.2 Å². The van der Waals surface area contributed by atoms with Crippen molar-refractivity contribution in [1.29, 1.82) is 0 Å². The third-order valence-corrected chi connectivity index (χ3v) is 5.85. The quantitative estimate of drug-likeness (QED) is 0.299. The van der Waals surface area contributed by atoms with Crippen LogP contribution in [0, 0.1) is 0 Å². The first-order chi connectivity index (χ1) is 18.0. The van der Waals surface area contributed by atoms with Crippen molar-refractivity contribution in [2.75, 3.05) is 17.2 Å². The van der Waals surface area contributed by atoms with Gasteiger partial charge in [-0.25, -0.2) is 0 Å². The number of rotatable bonds is 9. The van der Waals surface area contributed by atoms with E-state index in [-0.39, 0.29) is 12.2 Å². The average Bonchev–Trinajstić information content (AvgIpc) is 3.70. The van der Waals surface area contributed by atoms with E-state index in [1.165, 1.54) is 13.0 Å². The van der Waals surface area contributed by atoms with Crippen LogP contribution < -0.4 is 20.5 Å². The van der Waals surface area contributed by atoms with E-state index in [4.69, 9.17) is 4.74 Å². The zero-order chi connectivity index (χ0) is 27.4. The van der Waals surface area contributed by atoms with Gasteiger partial charge in [0.05, 0.1) is 30.0 Å². The van der Waals surface area contributed by atoms with Crippen LogP contribution in [0.25, 0.3) is 11.1 Å². The van der Waals surface area contributed by atoms with Gasteiger partial charge >= 0.3 is 6.18 Å². The Bertz CT molecular complexity index is 1390. The molecule has 1 aliphatic rings. The number of pyridine rings is 1. The van der Waals surface area contributed by atoms with Crippen LogP contribution in [0.15, 0.2) is 54.7 Å². The summed E-state index contributed by atoms with van der Waals surface area (Å²) >= 11 is 0. The smallest absolute Gasteiger partial charge is 0.420 e. The Kier molecular flexibility index (Phi) is 7.65. The average molecular weight is 526 g/mol. The van der Waals surface area contributed by atoms with Gasteiger partial charge in [-0.2, -0.15) is 13.2 Å². The number of aromatic nitrogens is 1. The molecule has 2 amide bonds. The van der Waals surface area contributed by atoms with Crippen LogP contribution in [0.5, 0.6) is 5.75 Å². The lowest BCUT2D eigenvalue weighted by Crippen LogP contribution is -2.29. The Balaban J connectivity index is 1.54. The Hall–Kier alpha value is -4.41. The van der Waals surface area contributed by atoms with E-state index >= 15 is 0 Å². The fourth-order valence-electron chi connectivity index (χ4n) is 3.94. The van der Waals surface area contributed by atoms with Crippen molar-refractivity contribution in [1.82, 2.24) is 4.98 Å². The number of ketones is 1. The minimum absolute atomic E-state index is 0.117. The van der Waals surface area contributed by atoms with Crippen molar-refractivity contribution >= 4 is 29.2 Å². The number of hydrogen-bond donors (Lipinski definition) is 2. The maximum atomic E-state index is 13.6. The molecule has 0 radical (unpaired) electrons. The van der Waals surface area contributed by atoms with Gasteiger partial charge in [-0.3, -0.25) is 14.6 Å². The number of anilines is 2. The van der Waals surface area contributed by atoms with Crippen molar-refractivity contribution in [3.05, 3.63) is 71.5 Å². The lowest BCUT2D eigenvalue weighted by Gasteiger charge is -2.19. The van der Waals surface area contributed by atoms with Gasteiger partial charge in [0.15, 0.2) is 5.78 Å². The van der Waals surface area contributed by atoms with Crippen molar-refractivity contribution in [2.45, 2.75) is 38.3 Å². The first-order valence-corrected chi connectivity index (χ1v) is 11.8.